The first-order chi connectivity index (χ1) is 6.93. The van der Waals surface area contributed by atoms with Crippen LogP contribution < -0.4 is 16.0 Å². The van der Waals surface area contributed by atoms with Crippen LogP contribution in [0.1, 0.15) is 0 Å². The van der Waals surface area contributed by atoms with Gasteiger partial charge in [-0.05, 0) is 12.1 Å². The summed E-state index contributed by atoms with van der Waals surface area (Å²) in [4.78, 5) is 6.84. The fourth-order valence-electron chi connectivity index (χ4n) is 1.37. The fraction of sp³-hybridized carbons (Fsp3) is 0. The van der Waals surface area contributed by atoms with E-state index in [0.29, 0.717) is 0 Å². The number of nitrogens with one attached hydrogen (secondary N) is 3. The average molecular weight is 186 g/mol. The number of aromatic nitrogens is 2. The van der Waals surface area contributed by atoms with Crippen LogP contribution in [0.25, 0.3) is 0 Å². The van der Waals surface area contributed by atoms with Gasteiger partial charge in [0.1, 0.15) is 0 Å². The molecular weight excluding hydrogens is 178 g/mol. The minimum Gasteiger partial charge on any atom is -0.319 e. The lowest BCUT2D eigenvalue weighted by atomic mass is 10.3. The van der Waals surface area contributed by atoms with Crippen LogP contribution in [0.3, 0.4) is 0 Å². The van der Waals surface area contributed by atoms with Crippen molar-refractivity contribution in [3.63, 3.8) is 0 Å². The molecule has 69 valence electrons. The highest BCUT2D eigenvalue weighted by Gasteiger charge is 2.19. The largest absolute Gasteiger partial charge is 0.319 e. The molecule has 1 aromatic carbocycles. The fourth-order valence-corrected chi connectivity index (χ4v) is 1.37. The molecule has 1 aliphatic heterocycles. The summed E-state index contributed by atoms with van der Waals surface area (Å²) in [6, 6.07) is 9.92. The lowest BCUT2D eigenvalue weighted by molar-refractivity contribution is 1.07. The summed E-state index contributed by atoms with van der Waals surface area (Å²) in [5.74, 6) is 1.59. The van der Waals surface area contributed by atoms with Crippen molar-refractivity contribution in [1.82, 2.24) is 9.97 Å². The molecule has 0 saturated heterocycles. The zero-order valence-electron chi connectivity index (χ0n) is 7.28. The van der Waals surface area contributed by atoms with Crippen molar-refractivity contribution in [2.45, 2.75) is 0 Å². The Kier molecular flexibility index (Phi) is 1.38. The quantitative estimate of drug-likeness (QED) is 0.629. The zero-order valence-corrected chi connectivity index (χ0v) is 7.28. The first kappa shape index (κ1) is 7.25. The topological polar surface area (TPSA) is 56.0 Å². The summed E-state index contributed by atoms with van der Waals surface area (Å²) in [6.45, 7) is 0. The molecule has 0 atom stereocenters. The van der Waals surface area contributed by atoms with E-state index in [1.54, 1.807) is 5.12 Å². The number of hydrazine groups is 2. The van der Waals surface area contributed by atoms with E-state index in [1.165, 1.54) is 0 Å². The molecule has 0 saturated carbocycles. The molecule has 5 heteroatoms. The molecule has 3 N–H and O–H groups in total. The van der Waals surface area contributed by atoms with Gasteiger partial charge in [-0.25, -0.2) is 4.98 Å². The lowest BCUT2D eigenvalue weighted by Gasteiger charge is -2.17. The van der Waals surface area contributed by atoms with E-state index in [-0.39, 0.29) is 0 Å². The first-order valence-corrected chi connectivity index (χ1v) is 4.28. The predicted molar refractivity (Wildman–Crippen MR) is 53.6 cm³/mol. The number of fused-ring (bicyclic) bond motifs is 1. The number of rotatable bonds is 1. The van der Waals surface area contributed by atoms with Gasteiger partial charge < -0.3 is 4.98 Å². The maximum atomic E-state index is 3.98. The Bertz CT molecular complexity index is 415. The Morgan fingerprint density at radius 2 is 2.00 bits per heavy atom. The van der Waals surface area contributed by atoms with Gasteiger partial charge in [0.15, 0.2) is 18.0 Å². The number of H-pyrrole nitrogens is 1. The van der Waals surface area contributed by atoms with E-state index in [1.807, 2.05) is 30.3 Å². The van der Waals surface area contributed by atoms with Gasteiger partial charge in [-0.1, -0.05) is 18.2 Å². The highest BCUT2D eigenvalue weighted by Crippen LogP contribution is 2.26. The van der Waals surface area contributed by atoms with Crippen molar-refractivity contribution in [1.29, 1.82) is 0 Å². The van der Waals surface area contributed by atoms with Crippen molar-refractivity contribution in [3.8, 4) is 0 Å². The molecule has 1 aliphatic rings. The molecule has 1 radical (unpaired) electrons. The Morgan fingerprint density at radius 3 is 2.79 bits per heavy atom. The highest BCUT2D eigenvalue weighted by molar-refractivity contribution is 5.72. The summed E-state index contributed by atoms with van der Waals surface area (Å²) in [7, 11) is 0. The van der Waals surface area contributed by atoms with Gasteiger partial charge in [0.25, 0.3) is 0 Å². The van der Waals surface area contributed by atoms with Crippen LogP contribution in [0, 0.1) is 6.33 Å². The van der Waals surface area contributed by atoms with Crippen LogP contribution >= 0.6 is 0 Å². The Hall–Kier alpha value is -2.17. The second-order valence-corrected chi connectivity index (χ2v) is 2.97. The first-order valence-electron chi connectivity index (χ1n) is 4.28. The number of nitrogens with zero attached hydrogens (tertiary/aromatic N) is 2. The smallest absolute Gasteiger partial charge is 0.191 e. The average Bonchev–Trinajstić information content (AvgIpc) is 2.78. The molecular formula is C9H8N5. The van der Waals surface area contributed by atoms with Gasteiger partial charge in [-0.2, -0.15) is 5.12 Å². The van der Waals surface area contributed by atoms with E-state index in [4.69, 9.17) is 0 Å². The van der Waals surface area contributed by atoms with Crippen LogP contribution in [0.4, 0.5) is 17.3 Å². The maximum Gasteiger partial charge on any atom is 0.191 e. The number of aromatic amines is 1. The molecule has 14 heavy (non-hydrogen) atoms. The molecule has 0 unspecified atom stereocenters. The molecule has 0 fully saturated rings. The molecule has 0 amide bonds. The van der Waals surface area contributed by atoms with Gasteiger partial charge in [-0.3, -0.25) is 10.9 Å². The van der Waals surface area contributed by atoms with Crippen molar-refractivity contribution < 1.29 is 0 Å². The standard InChI is InChI=1S/C9H8N5/c1-2-4-7(5-3-1)14-12-8-9(13-14)11-6-10-8/h1-5,12-13H,(H,10,11). The van der Waals surface area contributed by atoms with E-state index < -0.39 is 0 Å². The minimum atomic E-state index is 0.758. The predicted octanol–water partition coefficient (Wildman–Crippen LogP) is 1.38. The van der Waals surface area contributed by atoms with E-state index in [2.05, 4.69) is 27.1 Å². The molecule has 1 aromatic heterocycles. The molecule has 5 nitrogen and oxygen atoms in total. The van der Waals surface area contributed by atoms with Gasteiger partial charge in [0.2, 0.25) is 0 Å². The number of imidazole rings is 1. The highest BCUT2D eigenvalue weighted by atomic mass is 15.8. The summed E-state index contributed by atoms with van der Waals surface area (Å²) >= 11 is 0. The number of hydrogen-bond donors (Lipinski definition) is 3. The SMILES string of the molecule is [c]1nc2c([nH]1)NN(c1ccccc1)N2. The molecule has 0 spiro atoms. The van der Waals surface area contributed by atoms with Crippen LogP contribution in [0.15, 0.2) is 30.3 Å². The minimum absolute atomic E-state index is 0.758. The normalized spacial score (nSPS) is 13.3. The lowest BCUT2D eigenvalue weighted by Crippen LogP contribution is -2.29. The van der Waals surface area contributed by atoms with Gasteiger partial charge in [0.05, 0.1) is 5.69 Å². The second-order valence-electron chi connectivity index (χ2n) is 2.97. The van der Waals surface area contributed by atoms with Crippen LogP contribution in [-0.2, 0) is 0 Å². The summed E-state index contributed by atoms with van der Waals surface area (Å²) < 4.78 is 0. The number of benzene rings is 1. The third-order valence-corrected chi connectivity index (χ3v) is 2.04. The second kappa shape index (κ2) is 2.66. The van der Waals surface area contributed by atoms with E-state index >= 15 is 0 Å². The third-order valence-electron chi connectivity index (χ3n) is 2.04. The number of anilines is 3. The summed E-state index contributed by atoms with van der Waals surface area (Å²) in [5.41, 5.74) is 7.21. The maximum absolute atomic E-state index is 3.98. The Balaban J connectivity index is 1.89. The van der Waals surface area contributed by atoms with Gasteiger partial charge >= 0.3 is 0 Å². The molecule has 0 bridgehead atoms. The molecule has 0 aliphatic carbocycles. The zero-order chi connectivity index (χ0) is 9.38. The number of para-hydroxylation sites is 1. The van der Waals surface area contributed by atoms with Crippen molar-refractivity contribution in [3.05, 3.63) is 36.7 Å². The Morgan fingerprint density at radius 1 is 1.14 bits per heavy atom. The van der Waals surface area contributed by atoms with Crippen LogP contribution in [0.5, 0.6) is 0 Å². The molecule has 2 heterocycles. The molecule has 3 rings (SSSR count). The van der Waals surface area contributed by atoms with Crippen LogP contribution in [-0.4, -0.2) is 9.97 Å². The van der Waals surface area contributed by atoms with Gasteiger partial charge in [-0.15, -0.1) is 0 Å². The third kappa shape index (κ3) is 0.990. The van der Waals surface area contributed by atoms with Crippen molar-refractivity contribution in [2.24, 2.45) is 0 Å². The van der Waals surface area contributed by atoms with Gasteiger partial charge in [0, 0.05) is 0 Å². The summed E-state index contributed by atoms with van der Waals surface area (Å²) in [5, 5.41) is 1.79. The van der Waals surface area contributed by atoms with Crippen molar-refractivity contribution >= 4 is 17.3 Å². The monoisotopic (exact) mass is 186 g/mol. The summed E-state index contributed by atoms with van der Waals surface area (Å²) in [6.07, 6.45) is 2.65. The van der Waals surface area contributed by atoms with Crippen molar-refractivity contribution in [2.75, 3.05) is 16.0 Å². The van der Waals surface area contributed by atoms with Crippen LogP contribution in [0.2, 0.25) is 0 Å². The Labute approximate surface area is 80.7 Å². The molecule has 2 aromatic rings. The van der Waals surface area contributed by atoms with E-state index in [9.17, 15) is 0 Å². The van der Waals surface area contributed by atoms with E-state index in [0.717, 1.165) is 17.3 Å². The number of hydrogen-bond acceptors (Lipinski definition) is 4.